The molecule has 0 bridgehead atoms. The van der Waals surface area contributed by atoms with Crippen molar-refractivity contribution in [3.63, 3.8) is 0 Å². The van der Waals surface area contributed by atoms with E-state index >= 15 is 0 Å². The van der Waals surface area contributed by atoms with Crippen molar-refractivity contribution in [3.8, 4) is 10.4 Å². The van der Waals surface area contributed by atoms with Crippen molar-refractivity contribution in [2.24, 2.45) is 5.41 Å². The number of aliphatic hydroxyl groups is 1. The summed E-state index contributed by atoms with van der Waals surface area (Å²) in [6, 6.07) is 20.9. The van der Waals surface area contributed by atoms with Crippen LogP contribution in [-0.4, -0.2) is 209 Å². The molecule has 502 valence electrons. The van der Waals surface area contributed by atoms with Crippen molar-refractivity contribution in [1.29, 1.82) is 0 Å². The Labute approximate surface area is 544 Å². The van der Waals surface area contributed by atoms with Gasteiger partial charge in [-0.25, -0.2) is 13.8 Å². The van der Waals surface area contributed by atoms with Crippen LogP contribution >= 0.6 is 11.3 Å². The highest BCUT2D eigenvalue weighted by molar-refractivity contribution is 7.13. The molecule has 3 aliphatic rings. The van der Waals surface area contributed by atoms with Gasteiger partial charge >= 0.3 is 0 Å². The summed E-state index contributed by atoms with van der Waals surface area (Å²) in [5.74, 6) is -2.56. The van der Waals surface area contributed by atoms with Gasteiger partial charge in [-0.3, -0.25) is 34.0 Å². The summed E-state index contributed by atoms with van der Waals surface area (Å²) in [6.07, 6.45) is 1.11. The van der Waals surface area contributed by atoms with Crippen LogP contribution in [0, 0.1) is 24.0 Å². The number of amides is 5. The van der Waals surface area contributed by atoms with Crippen LogP contribution in [0.3, 0.4) is 0 Å². The minimum absolute atomic E-state index is 0.0105. The number of aromatic nitrogens is 3. The van der Waals surface area contributed by atoms with Gasteiger partial charge < -0.3 is 69.9 Å². The fourth-order valence-corrected chi connectivity index (χ4v) is 12.2. The first-order valence-electron chi connectivity index (χ1n) is 31.8. The summed E-state index contributed by atoms with van der Waals surface area (Å²) in [6.45, 7) is 15.5. The SMILES string of the molecule is Cc1ncsc1-c1ccc(CNC(=O)[C@@H]2CC(O)CN2C(=O)[C@@H](NC(=O)CCOCCOCCOCCOCCOCCNC(=O)CN2CCN(c3ccc(C(=O)Nc4n[nH]c5ccc(Cc6cc(F)cc(F)c6)cc45)c(NC4CCOCC4)c3)CC2)C(C)(C)C)cc1. The third kappa shape index (κ3) is 21.0. The van der Waals surface area contributed by atoms with Crippen molar-refractivity contribution in [3.05, 3.63) is 124 Å². The van der Waals surface area contributed by atoms with Gasteiger partial charge in [0.15, 0.2) is 5.82 Å². The number of rotatable bonds is 33. The van der Waals surface area contributed by atoms with E-state index in [1.807, 2.05) is 93.9 Å². The maximum atomic E-state index is 14.0. The second-order valence-electron chi connectivity index (χ2n) is 24.5. The number of piperazine rings is 1. The van der Waals surface area contributed by atoms with E-state index in [4.69, 9.17) is 28.4 Å². The molecule has 1 unspecified atom stereocenters. The molecule has 0 saturated carbocycles. The summed E-state index contributed by atoms with van der Waals surface area (Å²) >= 11 is 1.57. The van der Waals surface area contributed by atoms with Crippen molar-refractivity contribution in [1.82, 2.24) is 40.9 Å². The van der Waals surface area contributed by atoms with Crippen molar-refractivity contribution < 1.29 is 66.3 Å². The summed E-state index contributed by atoms with van der Waals surface area (Å²) in [4.78, 5) is 78.6. The number of halogens is 2. The number of aliphatic hydroxyl groups excluding tert-OH is 1. The number of likely N-dealkylation sites (tertiary alicyclic amines) is 1. The topological polar surface area (TPSA) is 272 Å². The minimum Gasteiger partial charge on any atom is -0.391 e. The Morgan fingerprint density at radius 1 is 0.763 bits per heavy atom. The molecule has 93 heavy (non-hydrogen) atoms. The van der Waals surface area contributed by atoms with Gasteiger partial charge in [0, 0.05) is 101 Å². The highest BCUT2D eigenvalue weighted by atomic mass is 32.1. The van der Waals surface area contributed by atoms with Crippen molar-refractivity contribution >= 4 is 69.0 Å². The lowest BCUT2D eigenvalue weighted by molar-refractivity contribution is -0.144. The van der Waals surface area contributed by atoms with Gasteiger partial charge in [0.1, 0.15) is 23.7 Å². The molecule has 3 atom stereocenters. The molecule has 5 amide bonds. The Morgan fingerprint density at radius 2 is 1.42 bits per heavy atom. The maximum Gasteiger partial charge on any atom is 0.258 e. The number of fused-ring (bicyclic) bond motifs is 1. The summed E-state index contributed by atoms with van der Waals surface area (Å²) in [5.41, 5.74) is 8.09. The number of hydrogen-bond donors (Lipinski definition) is 7. The number of H-pyrrole nitrogens is 1. The summed E-state index contributed by atoms with van der Waals surface area (Å²) in [7, 11) is 0. The van der Waals surface area contributed by atoms with Crippen LogP contribution < -0.4 is 31.5 Å². The van der Waals surface area contributed by atoms with Crippen LogP contribution in [0.25, 0.3) is 21.3 Å². The lowest BCUT2D eigenvalue weighted by Crippen LogP contribution is -2.57. The fraction of sp³-hybridized carbons (Fsp3) is 0.507. The fourth-order valence-electron chi connectivity index (χ4n) is 11.3. The molecule has 6 aromatic rings. The third-order valence-corrected chi connectivity index (χ3v) is 17.3. The summed E-state index contributed by atoms with van der Waals surface area (Å²) < 4.78 is 61.5. The van der Waals surface area contributed by atoms with E-state index in [9.17, 15) is 37.9 Å². The largest absolute Gasteiger partial charge is 0.391 e. The molecule has 0 radical (unpaired) electrons. The molecule has 9 rings (SSSR count). The standard InChI is InChI=1S/C67H87F2N11O12S/c1-44-61(93-43-72-44)48-8-5-45(6-9-48)40-71-65(85)58-39-53(81)41-80(58)66(86)62(67(2,3)4)74-59(82)15-23-88-25-27-90-29-31-92-32-30-91-28-26-89-24-16-70-60(83)42-78-17-19-79(20-18-78)52-10-11-54(57(38-52)73-51-13-21-87-22-14-51)64(84)75-63-55-36-46(7-12-56(55)76-77-63)33-47-34-49(68)37-50(69)35-47/h5-12,34-38,43,51,53,58,62,73,81H,13-33,39-42H2,1-4H3,(H,70,83)(H,71,85)(H,74,82)(H2,75,76,77,84)/t53?,58-,62+/m0/s1. The smallest absolute Gasteiger partial charge is 0.258 e. The van der Waals surface area contributed by atoms with E-state index in [1.165, 1.54) is 17.0 Å². The third-order valence-electron chi connectivity index (χ3n) is 16.4. The van der Waals surface area contributed by atoms with Crippen LogP contribution in [-0.2, 0) is 60.6 Å². The molecule has 3 fully saturated rings. The maximum absolute atomic E-state index is 14.0. The van der Waals surface area contributed by atoms with E-state index in [-0.39, 0.29) is 75.4 Å². The quantitative estimate of drug-likeness (QED) is 0.0225. The Kier molecular flexibility index (Phi) is 25.9. The molecule has 4 aromatic carbocycles. The average molecular weight is 1310 g/mol. The first kappa shape index (κ1) is 69.8. The summed E-state index contributed by atoms with van der Waals surface area (Å²) in [5, 5.41) is 33.9. The Bertz CT molecular complexity index is 3410. The highest BCUT2D eigenvalue weighted by Crippen LogP contribution is 2.32. The molecule has 0 aliphatic carbocycles. The number of nitrogens with zero attached hydrogens (tertiary/aromatic N) is 5. The van der Waals surface area contributed by atoms with E-state index in [1.54, 1.807) is 11.3 Å². The van der Waals surface area contributed by atoms with Crippen molar-refractivity contribution in [2.45, 2.75) is 90.6 Å². The number of benzene rings is 4. The number of carbonyl (C=O) groups excluding carboxylic acids is 5. The van der Waals surface area contributed by atoms with Gasteiger partial charge in [0.25, 0.3) is 5.91 Å². The Balaban J connectivity index is 0.582. The van der Waals surface area contributed by atoms with E-state index in [0.29, 0.717) is 139 Å². The first-order valence-corrected chi connectivity index (χ1v) is 32.7. The predicted molar refractivity (Wildman–Crippen MR) is 349 cm³/mol. The van der Waals surface area contributed by atoms with Gasteiger partial charge in [0.2, 0.25) is 23.6 Å². The zero-order valence-corrected chi connectivity index (χ0v) is 54.2. The number of nitrogens with one attached hydrogen (secondary N) is 6. The van der Waals surface area contributed by atoms with Crippen LogP contribution in [0.15, 0.2) is 84.4 Å². The average Bonchev–Trinajstić information content (AvgIpc) is 1.76. The van der Waals surface area contributed by atoms with Gasteiger partial charge in [0.05, 0.1) is 106 Å². The van der Waals surface area contributed by atoms with E-state index < -0.39 is 41.1 Å². The second-order valence-corrected chi connectivity index (χ2v) is 25.3. The van der Waals surface area contributed by atoms with Gasteiger partial charge in [-0.05, 0) is 96.3 Å². The molecule has 2 aromatic heterocycles. The number of thiazole rings is 1. The molecule has 23 nitrogen and oxygen atoms in total. The lowest BCUT2D eigenvalue weighted by atomic mass is 9.85. The molecule has 3 saturated heterocycles. The monoisotopic (exact) mass is 1310 g/mol. The first-order chi connectivity index (χ1) is 44.9. The number of carbonyl (C=O) groups is 5. The normalized spacial score (nSPS) is 16.8. The molecular weight excluding hydrogens is 1220 g/mol. The van der Waals surface area contributed by atoms with Gasteiger partial charge in [-0.1, -0.05) is 51.1 Å². The van der Waals surface area contributed by atoms with Crippen LogP contribution in [0.1, 0.15) is 79.2 Å². The number of anilines is 3. The van der Waals surface area contributed by atoms with Crippen LogP contribution in [0.5, 0.6) is 0 Å². The van der Waals surface area contributed by atoms with E-state index in [0.717, 1.165) is 51.9 Å². The van der Waals surface area contributed by atoms with Gasteiger partial charge in [-0.15, -0.1) is 11.3 Å². The number of β-amino-alcohol motifs (C(OH)–C–C–N with tert-alkyl or cyclic N) is 1. The Hall–Kier alpha value is -7.53. The number of aryl methyl sites for hydroxylation is 1. The molecule has 26 heteroatoms. The lowest BCUT2D eigenvalue weighted by Gasteiger charge is -2.36. The molecular formula is C67H87F2N11O12S. The zero-order chi connectivity index (χ0) is 65.7. The molecule has 7 N–H and O–H groups in total. The predicted octanol–water partition coefficient (Wildman–Crippen LogP) is 6.23. The number of hydrogen-bond acceptors (Lipinski definition) is 18. The second kappa shape index (κ2) is 34.6. The van der Waals surface area contributed by atoms with Gasteiger partial charge in [-0.2, -0.15) is 5.10 Å². The zero-order valence-electron chi connectivity index (χ0n) is 53.4. The van der Waals surface area contributed by atoms with E-state index in [2.05, 4.69) is 51.6 Å². The molecule has 3 aliphatic heterocycles. The number of aromatic amines is 1. The van der Waals surface area contributed by atoms with Crippen LogP contribution in [0.2, 0.25) is 0 Å². The number of ether oxygens (including phenoxy) is 6. The minimum atomic E-state index is -0.945. The van der Waals surface area contributed by atoms with Crippen LogP contribution in [0.4, 0.5) is 26.0 Å². The molecule has 5 heterocycles. The highest BCUT2D eigenvalue weighted by Gasteiger charge is 2.44. The molecule has 0 spiro atoms. The van der Waals surface area contributed by atoms with Crippen molar-refractivity contribution in [2.75, 3.05) is 141 Å². The Morgan fingerprint density at radius 3 is 2.08 bits per heavy atom.